The van der Waals surface area contributed by atoms with Gasteiger partial charge in [0.1, 0.15) is 5.56 Å². The van der Waals surface area contributed by atoms with Gasteiger partial charge < -0.3 is 0 Å². The molecule has 0 heterocycles. The molecule has 0 bridgehead atoms. The minimum atomic E-state index is -5.70. The minimum Gasteiger partial charge on any atom is -0.203 e. The average Bonchev–Trinajstić information content (AvgIpc) is 2.43. The fourth-order valence-corrected chi connectivity index (χ4v) is 2.27. The van der Waals surface area contributed by atoms with E-state index >= 15 is 0 Å². The topological polar surface area (TPSA) is 0 Å². The SMILES string of the molecule is Cc1cc(-c2c(F)c(F)c(C(F)(F)F)c(F)c2F)ccc1C(F)(F)F. The van der Waals surface area contributed by atoms with Crippen LogP contribution in [0.15, 0.2) is 18.2 Å². The number of aryl methyl sites for hydroxylation is 1. The van der Waals surface area contributed by atoms with Crippen molar-refractivity contribution >= 4 is 0 Å². The summed E-state index contributed by atoms with van der Waals surface area (Å²) >= 11 is 0. The molecule has 0 aliphatic rings. The molecule has 0 aromatic heterocycles. The van der Waals surface area contributed by atoms with Gasteiger partial charge in [0.25, 0.3) is 0 Å². The monoisotopic (exact) mass is 376 g/mol. The van der Waals surface area contributed by atoms with E-state index < -0.39 is 63.4 Å². The third kappa shape index (κ3) is 3.29. The number of benzene rings is 2. The molecule has 0 amide bonds. The summed E-state index contributed by atoms with van der Waals surface area (Å²) in [4.78, 5) is 0. The van der Waals surface area contributed by atoms with Crippen LogP contribution in [-0.2, 0) is 12.4 Å². The molecule has 0 N–H and O–H groups in total. The van der Waals surface area contributed by atoms with Crippen molar-refractivity contribution in [2.75, 3.05) is 0 Å². The summed E-state index contributed by atoms with van der Waals surface area (Å²) in [5.41, 5.74) is -6.74. The Morgan fingerprint density at radius 2 is 1.16 bits per heavy atom. The molecule has 0 atom stereocenters. The number of halogens is 10. The van der Waals surface area contributed by atoms with Crippen molar-refractivity contribution in [3.8, 4) is 11.1 Å². The zero-order chi connectivity index (χ0) is 19.3. The van der Waals surface area contributed by atoms with Crippen LogP contribution in [0.1, 0.15) is 16.7 Å². The molecule has 0 unspecified atom stereocenters. The van der Waals surface area contributed by atoms with Crippen LogP contribution in [0.25, 0.3) is 11.1 Å². The van der Waals surface area contributed by atoms with Crippen molar-refractivity contribution in [2.45, 2.75) is 19.3 Å². The summed E-state index contributed by atoms with van der Waals surface area (Å²) < 4.78 is 130. The second-order valence-corrected chi connectivity index (χ2v) is 5.03. The van der Waals surface area contributed by atoms with Crippen LogP contribution >= 0.6 is 0 Å². The molecule has 2 aromatic rings. The van der Waals surface area contributed by atoms with Gasteiger partial charge in [0, 0.05) is 0 Å². The lowest BCUT2D eigenvalue weighted by molar-refractivity contribution is -0.143. The number of hydrogen-bond donors (Lipinski definition) is 0. The molecular formula is C15H6F10. The maximum atomic E-state index is 13.9. The lowest BCUT2D eigenvalue weighted by atomic mass is 9.97. The van der Waals surface area contributed by atoms with Gasteiger partial charge in [0.15, 0.2) is 23.3 Å². The van der Waals surface area contributed by atoms with E-state index in [1.807, 2.05) is 0 Å². The van der Waals surface area contributed by atoms with E-state index in [-0.39, 0.29) is 0 Å². The van der Waals surface area contributed by atoms with Gasteiger partial charge in [-0.05, 0) is 24.1 Å². The predicted molar refractivity (Wildman–Crippen MR) is 66.5 cm³/mol. The molecular weight excluding hydrogens is 370 g/mol. The maximum absolute atomic E-state index is 13.9. The first-order chi connectivity index (χ1) is 11.3. The molecule has 25 heavy (non-hydrogen) atoms. The van der Waals surface area contributed by atoms with Crippen LogP contribution in [0.5, 0.6) is 0 Å². The molecule has 0 spiro atoms. The van der Waals surface area contributed by atoms with Gasteiger partial charge in [-0.3, -0.25) is 0 Å². The summed E-state index contributed by atoms with van der Waals surface area (Å²) in [6, 6.07) is 1.47. The van der Waals surface area contributed by atoms with Crippen LogP contribution in [-0.4, -0.2) is 0 Å². The molecule has 0 aliphatic heterocycles. The molecule has 0 aliphatic carbocycles. The highest BCUT2D eigenvalue weighted by molar-refractivity contribution is 5.67. The highest BCUT2D eigenvalue weighted by atomic mass is 19.4. The Morgan fingerprint density at radius 3 is 1.52 bits per heavy atom. The fourth-order valence-electron chi connectivity index (χ4n) is 2.27. The average molecular weight is 376 g/mol. The second kappa shape index (κ2) is 5.92. The van der Waals surface area contributed by atoms with Crippen molar-refractivity contribution < 1.29 is 43.9 Å². The summed E-state index contributed by atoms with van der Waals surface area (Å²) in [5.74, 6) is -10.1. The van der Waals surface area contributed by atoms with Gasteiger partial charge in [0.2, 0.25) is 0 Å². The van der Waals surface area contributed by atoms with Gasteiger partial charge >= 0.3 is 12.4 Å². The normalized spacial score (nSPS) is 12.6. The van der Waals surface area contributed by atoms with Crippen LogP contribution in [0.3, 0.4) is 0 Å². The Morgan fingerprint density at radius 1 is 0.680 bits per heavy atom. The maximum Gasteiger partial charge on any atom is 0.422 e. The summed E-state index contributed by atoms with van der Waals surface area (Å²) in [6.45, 7) is 0.916. The predicted octanol–water partition coefficient (Wildman–Crippen LogP) is 6.26. The van der Waals surface area contributed by atoms with E-state index in [4.69, 9.17) is 0 Å². The number of alkyl halides is 6. The Hall–Kier alpha value is -2.26. The molecule has 0 saturated heterocycles. The summed E-state index contributed by atoms with van der Waals surface area (Å²) in [5, 5.41) is 0. The first-order valence-corrected chi connectivity index (χ1v) is 6.38. The molecule has 0 fully saturated rings. The standard InChI is InChI=1S/C15H6F10/c1-5-4-6(2-3-7(5)14(20,21)22)8-10(16)12(18)9(15(23,24)25)13(19)11(8)17/h2-4H,1H3. The van der Waals surface area contributed by atoms with Crippen molar-refractivity contribution in [1.82, 2.24) is 0 Å². The van der Waals surface area contributed by atoms with Crippen molar-refractivity contribution in [1.29, 1.82) is 0 Å². The van der Waals surface area contributed by atoms with E-state index in [0.717, 1.165) is 6.92 Å². The molecule has 0 radical (unpaired) electrons. The fraction of sp³-hybridized carbons (Fsp3) is 0.200. The van der Waals surface area contributed by atoms with Gasteiger partial charge in [-0.25, -0.2) is 17.6 Å². The highest BCUT2D eigenvalue weighted by Crippen LogP contribution is 2.41. The molecule has 0 saturated carbocycles. The summed E-state index contributed by atoms with van der Waals surface area (Å²) in [6.07, 6.45) is -10.5. The minimum absolute atomic E-state index is 0.400. The lowest BCUT2D eigenvalue weighted by Crippen LogP contribution is -2.16. The third-order valence-corrected chi connectivity index (χ3v) is 3.37. The highest BCUT2D eigenvalue weighted by Gasteiger charge is 2.42. The molecule has 2 aromatic carbocycles. The van der Waals surface area contributed by atoms with Gasteiger partial charge in [-0.1, -0.05) is 12.1 Å². The number of hydrogen-bond acceptors (Lipinski definition) is 0. The van der Waals surface area contributed by atoms with E-state index in [0.29, 0.717) is 18.2 Å². The Labute approximate surface area is 133 Å². The molecule has 10 heteroatoms. The molecule has 136 valence electrons. The second-order valence-electron chi connectivity index (χ2n) is 5.03. The summed E-state index contributed by atoms with van der Waals surface area (Å²) in [7, 11) is 0. The van der Waals surface area contributed by atoms with Crippen molar-refractivity contribution in [2.24, 2.45) is 0 Å². The van der Waals surface area contributed by atoms with Crippen LogP contribution in [0.4, 0.5) is 43.9 Å². The van der Waals surface area contributed by atoms with Crippen molar-refractivity contribution in [3.63, 3.8) is 0 Å². The van der Waals surface area contributed by atoms with E-state index in [1.165, 1.54) is 0 Å². The zero-order valence-corrected chi connectivity index (χ0v) is 12.0. The third-order valence-electron chi connectivity index (χ3n) is 3.37. The largest absolute Gasteiger partial charge is 0.422 e. The number of rotatable bonds is 1. The molecule has 0 nitrogen and oxygen atoms in total. The Bertz CT molecular complexity index is 801. The van der Waals surface area contributed by atoms with E-state index in [1.54, 1.807) is 0 Å². The van der Waals surface area contributed by atoms with Gasteiger partial charge in [-0.2, -0.15) is 26.3 Å². The quantitative estimate of drug-likeness (QED) is 0.407. The molecule has 2 rings (SSSR count). The van der Waals surface area contributed by atoms with E-state index in [9.17, 15) is 43.9 Å². The van der Waals surface area contributed by atoms with Crippen LogP contribution in [0, 0.1) is 30.2 Å². The Kier molecular flexibility index (Phi) is 4.52. The first-order valence-electron chi connectivity index (χ1n) is 6.38. The van der Waals surface area contributed by atoms with Crippen molar-refractivity contribution in [3.05, 3.63) is 58.2 Å². The van der Waals surface area contributed by atoms with Gasteiger partial charge in [0.05, 0.1) is 11.1 Å². The zero-order valence-electron chi connectivity index (χ0n) is 12.0. The van der Waals surface area contributed by atoms with Gasteiger partial charge in [-0.15, -0.1) is 0 Å². The van der Waals surface area contributed by atoms with Crippen LogP contribution in [0.2, 0.25) is 0 Å². The Balaban J connectivity index is 2.76. The smallest absolute Gasteiger partial charge is 0.203 e. The van der Waals surface area contributed by atoms with E-state index in [2.05, 4.69) is 0 Å². The lowest BCUT2D eigenvalue weighted by Gasteiger charge is -2.16. The van der Waals surface area contributed by atoms with Crippen LogP contribution < -0.4 is 0 Å². The first kappa shape index (κ1) is 19.1.